The molecule has 0 bridgehead atoms. The van der Waals surface area contributed by atoms with Crippen molar-refractivity contribution in [2.45, 2.75) is 398 Å². The summed E-state index contributed by atoms with van der Waals surface area (Å²) in [5, 5.41) is 14.0. The largest absolute Gasteiger partial charge is 0.756 e. The van der Waals surface area contributed by atoms with Gasteiger partial charge in [-0.3, -0.25) is 9.36 Å². The number of hydrogen-bond acceptors (Lipinski definition) is 6. The first-order valence-electron chi connectivity index (χ1n) is 37.4. The molecular weight excluding hydrogens is 1060 g/mol. The minimum absolute atomic E-state index is 0.00699. The Hall–Kier alpha value is -1.28. The summed E-state index contributed by atoms with van der Waals surface area (Å²) in [5.74, 6) is -0.203. The third-order valence-corrected chi connectivity index (χ3v) is 18.3. The van der Waals surface area contributed by atoms with E-state index in [0.29, 0.717) is 17.4 Å². The lowest BCUT2D eigenvalue weighted by Gasteiger charge is -2.29. The average Bonchev–Trinajstić information content (AvgIpc) is 3.56. The number of phosphoric ester groups is 1. The molecule has 0 radical (unpaired) electrons. The average molecular weight is 1200 g/mol. The lowest BCUT2D eigenvalue weighted by Crippen LogP contribution is -2.45. The summed E-state index contributed by atoms with van der Waals surface area (Å²) in [7, 11) is 1.25. The smallest absolute Gasteiger partial charge is 0.268 e. The Morgan fingerprint density at radius 1 is 0.405 bits per heavy atom. The predicted molar refractivity (Wildman–Crippen MR) is 367 cm³/mol. The normalized spacial score (nSPS) is 13.8. The molecule has 0 fully saturated rings. The van der Waals surface area contributed by atoms with Crippen LogP contribution in [0.5, 0.6) is 0 Å². The number of unbranched alkanes of at least 4 members (excludes halogenated alkanes) is 53. The second kappa shape index (κ2) is 66.1. The van der Waals surface area contributed by atoms with Crippen LogP contribution in [-0.2, 0) is 18.4 Å². The molecule has 498 valence electrons. The lowest BCUT2D eigenvalue weighted by molar-refractivity contribution is -0.870. The molecule has 2 N–H and O–H groups in total. The first-order valence-corrected chi connectivity index (χ1v) is 38.8. The lowest BCUT2D eigenvalue weighted by atomic mass is 10.0. The minimum Gasteiger partial charge on any atom is -0.756 e. The highest BCUT2D eigenvalue weighted by Gasteiger charge is 2.23. The van der Waals surface area contributed by atoms with Gasteiger partial charge in [-0.2, -0.15) is 0 Å². The molecule has 9 heteroatoms. The molecule has 0 saturated heterocycles. The van der Waals surface area contributed by atoms with Crippen LogP contribution in [-0.4, -0.2) is 68.5 Å². The van der Waals surface area contributed by atoms with E-state index in [0.717, 1.165) is 44.9 Å². The molecule has 0 spiro atoms. The van der Waals surface area contributed by atoms with Crippen LogP contribution >= 0.6 is 7.82 Å². The maximum absolute atomic E-state index is 13.0. The first kappa shape index (κ1) is 82.7. The number of nitrogens with zero attached hydrogens (tertiary/aromatic N) is 1. The number of likely N-dealkylation sites (N-methyl/N-ethyl adjacent to an activating group) is 1. The van der Waals surface area contributed by atoms with E-state index < -0.39 is 26.6 Å². The molecule has 3 unspecified atom stereocenters. The number of quaternary nitrogens is 1. The van der Waals surface area contributed by atoms with Gasteiger partial charge in [0.1, 0.15) is 13.2 Å². The van der Waals surface area contributed by atoms with Crippen molar-refractivity contribution in [2.75, 3.05) is 40.9 Å². The Balaban J connectivity index is 4.05. The van der Waals surface area contributed by atoms with E-state index in [1.807, 2.05) is 27.2 Å². The van der Waals surface area contributed by atoms with E-state index in [1.54, 1.807) is 6.08 Å². The minimum atomic E-state index is -4.62. The highest BCUT2D eigenvalue weighted by atomic mass is 31.2. The fourth-order valence-electron chi connectivity index (χ4n) is 11.5. The molecule has 84 heavy (non-hydrogen) atoms. The van der Waals surface area contributed by atoms with Crippen molar-refractivity contribution in [1.29, 1.82) is 0 Å². The number of carbonyl (C=O) groups is 1. The highest BCUT2D eigenvalue weighted by molar-refractivity contribution is 7.45. The molecule has 0 aliphatic rings. The molecule has 0 aromatic carbocycles. The number of phosphoric acid groups is 1. The maximum atomic E-state index is 13.0. The van der Waals surface area contributed by atoms with E-state index in [1.165, 1.54) is 321 Å². The maximum Gasteiger partial charge on any atom is 0.268 e. The number of hydrogen-bond donors (Lipinski definition) is 2. The van der Waals surface area contributed by atoms with Crippen molar-refractivity contribution in [2.24, 2.45) is 0 Å². The van der Waals surface area contributed by atoms with E-state index in [4.69, 9.17) is 9.05 Å². The zero-order chi connectivity index (χ0) is 61.2. The van der Waals surface area contributed by atoms with Gasteiger partial charge in [-0.05, 0) is 44.9 Å². The molecule has 0 aliphatic carbocycles. The van der Waals surface area contributed by atoms with Gasteiger partial charge in [-0.25, -0.2) is 0 Å². The van der Waals surface area contributed by atoms with Crippen LogP contribution in [0.1, 0.15) is 386 Å². The molecule has 0 aromatic rings. The molecular formula is C75H147N2O6P. The van der Waals surface area contributed by atoms with Gasteiger partial charge in [-0.1, -0.05) is 371 Å². The molecule has 0 aliphatic heterocycles. The second-order valence-electron chi connectivity index (χ2n) is 27.0. The van der Waals surface area contributed by atoms with Crippen molar-refractivity contribution in [3.05, 3.63) is 36.5 Å². The summed E-state index contributed by atoms with van der Waals surface area (Å²) in [6.45, 7) is 4.69. The van der Waals surface area contributed by atoms with Crippen molar-refractivity contribution >= 4 is 13.7 Å². The molecule has 8 nitrogen and oxygen atoms in total. The van der Waals surface area contributed by atoms with Gasteiger partial charge in [0.05, 0.1) is 39.9 Å². The van der Waals surface area contributed by atoms with Crippen molar-refractivity contribution in [3.8, 4) is 0 Å². The van der Waals surface area contributed by atoms with Gasteiger partial charge in [0, 0.05) is 6.42 Å². The Kier molecular flexibility index (Phi) is 65.1. The standard InChI is InChI=1S/C75H147N2O6P/c1-6-8-10-12-14-16-18-20-22-24-26-28-30-32-34-36-38-40-42-44-46-48-50-52-54-56-58-60-62-64-66-68-74(78)73(72-83-84(80,81)82-71-70-77(3,4)5)76-75(79)69-67-65-63-61-59-57-55-53-51-49-47-45-43-41-39-37-35-33-31-29-27-25-23-21-19-17-15-13-11-9-7-2/h50,52,58,60,66,68,73-74,78H,6-49,51,53-57,59,61-65,67,69-72H2,1-5H3,(H-,76,79,80,81)/b52-50+,60-58+,68-66+. The first-order chi connectivity index (χ1) is 41.0. The Labute approximate surface area is 525 Å². The number of allylic oxidation sites excluding steroid dienone is 5. The van der Waals surface area contributed by atoms with E-state index >= 15 is 0 Å². The van der Waals surface area contributed by atoms with Crippen molar-refractivity contribution in [3.63, 3.8) is 0 Å². The predicted octanol–water partition coefficient (Wildman–Crippen LogP) is 23.4. The number of aliphatic hydroxyl groups is 1. The molecule has 0 heterocycles. The van der Waals surface area contributed by atoms with Gasteiger partial charge in [0.25, 0.3) is 7.82 Å². The SMILES string of the molecule is CCCCCCCCCCCCCCCCCCCCCCC/C=C/CC/C=C/CC/C=C/C(O)C(COP(=O)([O-])OCC[N+](C)(C)C)NC(=O)CCCCCCCCCCCCCCCCCCCCCCCCCCCCCCCCC. The fourth-order valence-corrected chi connectivity index (χ4v) is 12.3. The van der Waals surface area contributed by atoms with Crippen molar-refractivity contribution < 1.29 is 32.9 Å². The molecule has 0 aromatic heterocycles. The van der Waals surface area contributed by atoms with Gasteiger partial charge in [0.2, 0.25) is 5.91 Å². The Bertz CT molecular complexity index is 1460. The van der Waals surface area contributed by atoms with Gasteiger partial charge in [0.15, 0.2) is 0 Å². The quantitative estimate of drug-likeness (QED) is 0.0272. The summed E-state index contributed by atoms with van der Waals surface area (Å²) in [4.78, 5) is 25.6. The van der Waals surface area contributed by atoms with Crippen molar-refractivity contribution in [1.82, 2.24) is 5.32 Å². The number of nitrogens with one attached hydrogen (secondary N) is 1. The summed E-state index contributed by atoms with van der Waals surface area (Å²) in [5.41, 5.74) is 0. The number of rotatable bonds is 70. The van der Waals surface area contributed by atoms with Crippen LogP contribution < -0.4 is 10.2 Å². The summed E-state index contributed by atoms with van der Waals surface area (Å²) < 4.78 is 23.5. The monoisotopic (exact) mass is 1200 g/mol. The zero-order valence-electron chi connectivity index (χ0n) is 57.1. The third kappa shape index (κ3) is 68.2. The number of amides is 1. The molecule has 0 rings (SSSR count). The fraction of sp³-hybridized carbons (Fsp3) is 0.907. The van der Waals surface area contributed by atoms with Gasteiger partial charge < -0.3 is 28.8 Å². The van der Waals surface area contributed by atoms with Crippen LogP contribution in [0.15, 0.2) is 36.5 Å². The van der Waals surface area contributed by atoms with E-state index in [-0.39, 0.29) is 12.5 Å². The second-order valence-corrected chi connectivity index (χ2v) is 28.4. The van der Waals surface area contributed by atoms with Crippen LogP contribution in [0.3, 0.4) is 0 Å². The van der Waals surface area contributed by atoms with Gasteiger partial charge >= 0.3 is 0 Å². The molecule has 0 saturated carbocycles. The topological polar surface area (TPSA) is 108 Å². The van der Waals surface area contributed by atoms with E-state index in [2.05, 4.69) is 43.5 Å². The van der Waals surface area contributed by atoms with Crippen LogP contribution in [0.25, 0.3) is 0 Å². The number of carbonyl (C=O) groups excluding carboxylic acids is 1. The molecule has 1 amide bonds. The van der Waals surface area contributed by atoms with Crippen LogP contribution in [0.2, 0.25) is 0 Å². The Morgan fingerprint density at radius 2 is 0.667 bits per heavy atom. The number of aliphatic hydroxyl groups excluding tert-OH is 1. The summed E-state index contributed by atoms with van der Waals surface area (Å²) >= 11 is 0. The van der Waals surface area contributed by atoms with E-state index in [9.17, 15) is 19.4 Å². The van der Waals surface area contributed by atoms with Crippen LogP contribution in [0, 0.1) is 0 Å². The zero-order valence-corrected chi connectivity index (χ0v) is 58.0. The summed E-state index contributed by atoms with van der Waals surface area (Å²) in [6, 6.07) is -0.910. The third-order valence-electron chi connectivity index (χ3n) is 17.3. The highest BCUT2D eigenvalue weighted by Crippen LogP contribution is 2.38. The molecule has 3 atom stereocenters. The van der Waals surface area contributed by atoms with Gasteiger partial charge in [-0.15, -0.1) is 0 Å². The van der Waals surface area contributed by atoms with Crippen LogP contribution in [0.4, 0.5) is 0 Å². The summed E-state index contributed by atoms with van der Waals surface area (Å²) in [6.07, 6.45) is 88.7. The Morgan fingerprint density at radius 3 is 0.964 bits per heavy atom.